The highest BCUT2D eigenvalue weighted by atomic mass is 15.3. The second kappa shape index (κ2) is 6.01. The van der Waals surface area contributed by atoms with E-state index in [1.165, 1.54) is 0 Å². The predicted octanol–water partition coefficient (Wildman–Crippen LogP) is 3.83. The molecule has 0 amide bonds. The lowest BCUT2D eigenvalue weighted by Crippen LogP contribution is -2.04. The van der Waals surface area contributed by atoms with Crippen molar-refractivity contribution >= 4 is 22.7 Å². The number of nitrogens with one attached hydrogen (secondary N) is 1. The van der Waals surface area contributed by atoms with Crippen LogP contribution in [0.4, 0.5) is 0 Å². The van der Waals surface area contributed by atoms with Gasteiger partial charge in [0.1, 0.15) is 0 Å². The van der Waals surface area contributed by atoms with E-state index >= 15 is 0 Å². The molecule has 2 aromatic carbocycles. The number of rotatable bonds is 4. The maximum atomic E-state index is 4.36. The summed E-state index contributed by atoms with van der Waals surface area (Å²) in [7, 11) is 0. The smallest absolute Gasteiger partial charge is 0.0908 e. The summed E-state index contributed by atoms with van der Waals surface area (Å²) in [6, 6.07) is 20.0. The van der Waals surface area contributed by atoms with E-state index in [9.17, 15) is 0 Å². The lowest BCUT2D eigenvalue weighted by molar-refractivity contribution is 1.00. The first-order chi connectivity index (χ1) is 10.3. The molecule has 21 heavy (non-hydrogen) atoms. The van der Waals surface area contributed by atoms with Crippen molar-refractivity contribution in [2.45, 2.75) is 0 Å². The van der Waals surface area contributed by atoms with Crippen LogP contribution in [0.3, 0.4) is 0 Å². The molecule has 0 aliphatic carbocycles. The van der Waals surface area contributed by atoms with Crippen molar-refractivity contribution in [1.29, 1.82) is 0 Å². The summed E-state index contributed by atoms with van der Waals surface area (Å²) in [5.74, 6) is 0. The van der Waals surface area contributed by atoms with Crippen LogP contribution >= 0.6 is 0 Å². The first kappa shape index (κ1) is 13.1. The first-order valence-electron chi connectivity index (χ1n) is 6.72. The summed E-state index contributed by atoms with van der Waals surface area (Å²) in [6.07, 6.45) is 3.51. The van der Waals surface area contributed by atoms with Gasteiger partial charge in [-0.15, -0.1) is 0 Å². The number of nitrogens with zero attached hydrogens (tertiary/aromatic N) is 2. The van der Waals surface area contributed by atoms with Gasteiger partial charge in [0.25, 0.3) is 0 Å². The van der Waals surface area contributed by atoms with Crippen LogP contribution in [0.5, 0.6) is 0 Å². The maximum absolute atomic E-state index is 4.36. The summed E-state index contributed by atoms with van der Waals surface area (Å²) in [6.45, 7) is 3.97. The fraction of sp³-hybridized carbons (Fsp3) is 0. The topological polar surface area (TPSA) is 37.3 Å². The van der Waals surface area contributed by atoms with Gasteiger partial charge in [-0.25, -0.2) is 0 Å². The van der Waals surface area contributed by atoms with Crippen LogP contribution in [-0.2, 0) is 0 Å². The highest BCUT2D eigenvalue weighted by molar-refractivity contribution is 5.97. The zero-order chi connectivity index (χ0) is 14.5. The normalized spacial score (nSPS) is 10.9. The predicted molar refractivity (Wildman–Crippen MR) is 87.9 cm³/mol. The van der Waals surface area contributed by atoms with E-state index in [2.05, 4.69) is 28.2 Å². The molecule has 0 unspecified atom stereocenters. The van der Waals surface area contributed by atoms with Crippen molar-refractivity contribution in [1.82, 2.24) is 10.4 Å². The summed E-state index contributed by atoms with van der Waals surface area (Å²) >= 11 is 0. The molecule has 1 N–H and O–H groups in total. The molecule has 102 valence electrons. The number of benzene rings is 2. The van der Waals surface area contributed by atoms with Crippen LogP contribution in [-0.4, -0.2) is 11.2 Å². The van der Waals surface area contributed by atoms with Gasteiger partial charge in [0.2, 0.25) is 0 Å². The number of hydrogen-bond acceptors (Lipinski definition) is 3. The molecular weight excluding hydrogens is 258 g/mol. The fourth-order valence-electron chi connectivity index (χ4n) is 2.12. The Kier molecular flexibility index (Phi) is 3.74. The summed E-state index contributed by atoms with van der Waals surface area (Å²) in [4.78, 5) is 4.36. The van der Waals surface area contributed by atoms with Gasteiger partial charge in [-0.3, -0.25) is 10.4 Å². The molecule has 0 aliphatic rings. The lowest BCUT2D eigenvalue weighted by Gasteiger charge is -2.04. The first-order valence-corrected chi connectivity index (χ1v) is 6.72. The van der Waals surface area contributed by atoms with Crippen molar-refractivity contribution in [3.8, 4) is 0 Å². The number of pyridine rings is 1. The van der Waals surface area contributed by atoms with E-state index in [4.69, 9.17) is 0 Å². The Hall–Kier alpha value is -2.94. The van der Waals surface area contributed by atoms with E-state index in [0.717, 1.165) is 27.7 Å². The second-order valence-corrected chi connectivity index (χ2v) is 4.63. The number of hydrogen-bond donors (Lipinski definition) is 1. The average Bonchev–Trinajstić information content (AvgIpc) is 2.56. The quantitative estimate of drug-likeness (QED) is 0.579. The van der Waals surface area contributed by atoms with Crippen molar-refractivity contribution in [2.24, 2.45) is 5.10 Å². The van der Waals surface area contributed by atoms with Gasteiger partial charge in [-0.05, 0) is 17.0 Å². The standard InChI is InChI=1S/C18H15N3/c1-14(15-7-3-2-4-8-15)21-20-13-18-17-10-6-5-9-16(17)11-12-19-18/h2-13,21H,1H2/b20-13+. The molecule has 0 saturated heterocycles. The Morgan fingerprint density at radius 2 is 1.76 bits per heavy atom. The van der Waals surface area contributed by atoms with Gasteiger partial charge < -0.3 is 0 Å². The van der Waals surface area contributed by atoms with E-state index in [0.29, 0.717) is 0 Å². The number of aromatic nitrogens is 1. The minimum Gasteiger partial charge on any atom is -0.278 e. The third kappa shape index (κ3) is 2.98. The van der Waals surface area contributed by atoms with Gasteiger partial charge in [-0.2, -0.15) is 5.10 Å². The lowest BCUT2D eigenvalue weighted by atomic mass is 10.1. The van der Waals surface area contributed by atoms with E-state index in [1.54, 1.807) is 12.4 Å². The minimum atomic E-state index is 0.757. The molecule has 3 aromatic rings. The minimum absolute atomic E-state index is 0.757. The van der Waals surface area contributed by atoms with Gasteiger partial charge in [0, 0.05) is 11.6 Å². The Bertz CT molecular complexity index is 786. The molecule has 0 radical (unpaired) electrons. The van der Waals surface area contributed by atoms with E-state index in [-0.39, 0.29) is 0 Å². The van der Waals surface area contributed by atoms with Crippen LogP contribution in [0.15, 0.2) is 78.5 Å². The van der Waals surface area contributed by atoms with Crippen LogP contribution < -0.4 is 5.43 Å². The summed E-state index contributed by atoms with van der Waals surface area (Å²) in [5, 5.41) is 6.46. The fourth-order valence-corrected chi connectivity index (χ4v) is 2.12. The molecule has 1 heterocycles. The van der Waals surface area contributed by atoms with Gasteiger partial charge in [0.15, 0.2) is 0 Å². The molecule has 0 spiro atoms. The van der Waals surface area contributed by atoms with Crippen molar-refractivity contribution in [3.63, 3.8) is 0 Å². The zero-order valence-electron chi connectivity index (χ0n) is 11.5. The molecule has 3 heteroatoms. The van der Waals surface area contributed by atoms with Crippen LogP contribution in [0.25, 0.3) is 16.5 Å². The largest absolute Gasteiger partial charge is 0.278 e. The van der Waals surface area contributed by atoms with Crippen LogP contribution in [0.1, 0.15) is 11.3 Å². The number of hydrazone groups is 1. The molecule has 0 aliphatic heterocycles. The van der Waals surface area contributed by atoms with Crippen molar-refractivity contribution in [3.05, 3.63) is 84.7 Å². The molecule has 3 rings (SSSR count). The summed E-state index contributed by atoms with van der Waals surface area (Å²) < 4.78 is 0. The third-order valence-electron chi connectivity index (χ3n) is 3.21. The molecule has 0 bridgehead atoms. The highest BCUT2D eigenvalue weighted by Gasteiger charge is 1.99. The Labute approximate surface area is 123 Å². The maximum Gasteiger partial charge on any atom is 0.0908 e. The van der Waals surface area contributed by atoms with Crippen LogP contribution in [0.2, 0.25) is 0 Å². The number of fused-ring (bicyclic) bond motifs is 1. The summed E-state index contributed by atoms with van der Waals surface area (Å²) in [5.41, 5.74) is 5.55. The average molecular weight is 273 g/mol. The second-order valence-electron chi connectivity index (χ2n) is 4.63. The molecule has 0 atom stereocenters. The Morgan fingerprint density at radius 1 is 1.00 bits per heavy atom. The van der Waals surface area contributed by atoms with Crippen molar-refractivity contribution < 1.29 is 0 Å². The van der Waals surface area contributed by atoms with E-state index < -0.39 is 0 Å². The van der Waals surface area contributed by atoms with Gasteiger partial charge >= 0.3 is 0 Å². The monoisotopic (exact) mass is 273 g/mol. The Balaban J connectivity index is 1.78. The highest BCUT2D eigenvalue weighted by Crippen LogP contribution is 2.14. The van der Waals surface area contributed by atoms with Crippen LogP contribution in [0, 0.1) is 0 Å². The molecule has 1 aromatic heterocycles. The molecule has 3 nitrogen and oxygen atoms in total. The van der Waals surface area contributed by atoms with Crippen molar-refractivity contribution in [2.75, 3.05) is 0 Å². The third-order valence-corrected chi connectivity index (χ3v) is 3.21. The van der Waals surface area contributed by atoms with E-state index in [1.807, 2.05) is 54.6 Å². The molecule has 0 saturated carbocycles. The SMILES string of the molecule is C=C(N/N=C/c1nccc2ccccc12)c1ccccc1. The molecular formula is C18H15N3. The van der Waals surface area contributed by atoms with Gasteiger partial charge in [-0.1, -0.05) is 61.2 Å². The zero-order valence-corrected chi connectivity index (χ0v) is 11.5. The van der Waals surface area contributed by atoms with Gasteiger partial charge in [0.05, 0.1) is 17.6 Å². The Morgan fingerprint density at radius 3 is 2.62 bits per heavy atom. The molecule has 0 fully saturated rings.